The molecule has 33 heavy (non-hydrogen) atoms. The molecule has 0 fully saturated rings. The van der Waals surface area contributed by atoms with Crippen molar-refractivity contribution in [1.82, 2.24) is 9.03 Å². The molecule has 2 aromatic rings. The maximum absolute atomic E-state index is 12.5. The summed E-state index contributed by atoms with van der Waals surface area (Å²) in [5.41, 5.74) is 0.960. The molecule has 0 unspecified atom stereocenters. The minimum atomic E-state index is -3.97. The third-order valence-corrected chi connectivity index (χ3v) is 8.44. The lowest BCUT2D eigenvalue weighted by Gasteiger charge is -2.19. The van der Waals surface area contributed by atoms with Gasteiger partial charge in [0.1, 0.15) is 11.5 Å². The molecule has 1 aliphatic rings. The highest BCUT2D eigenvalue weighted by molar-refractivity contribution is 7.90. The second-order valence-electron chi connectivity index (χ2n) is 8.52. The molecular weight excluding hydrogens is 468 g/mol. The Kier molecular flexibility index (Phi) is 6.96. The van der Waals surface area contributed by atoms with Crippen LogP contribution in [0.2, 0.25) is 0 Å². The van der Waals surface area contributed by atoms with Crippen molar-refractivity contribution < 1.29 is 31.2 Å². The van der Waals surface area contributed by atoms with E-state index in [-0.39, 0.29) is 46.9 Å². The normalized spacial score (nSPS) is 15.4. The molecule has 1 amide bonds. The number of hydrogen-bond donors (Lipinski definition) is 1. The molecule has 1 heterocycles. The van der Waals surface area contributed by atoms with E-state index in [0.29, 0.717) is 4.31 Å². The molecule has 0 saturated heterocycles. The lowest BCUT2D eigenvalue weighted by atomic mass is 9.87. The first-order valence-corrected chi connectivity index (χ1v) is 13.2. The van der Waals surface area contributed by atoms with E-state index in [1.54, 1.807) is 18.2 Å². The monoisotopic (exact) mass is 494 g/mol. The summed E-state index contributed by atoms with van der Waals surface area (Å²) in [5, 5.41) is 0. The second kappa shape index (κ2) is 9.24. The summed E-state index contributed by atoms with van der Waals surface area (Å²) in [4.78, 5) is 24.3. The predicted molar refractivity (Wildman–Crippen MR) is 121 cm³/mol. The van der Waals surface area contributed by atoms with Gasteiger partial charge in [0.25, 0.3) is 15.9 Å². The number of hydrogen-bond acceptors (Lipinski definition) is 7. The number of carbonyl (C=O) groups is 2. The molecule has 11 heteroatoms. The summed E-state index contributed by atoms with van der Waals surface area (Å²) in [6, 6.07) is 12.4. The first kappa shape index (κ1) is 24.9. The van der Waals surface area contributed by atoms with Gasteiger partial charge in [-0.3, -0.25) is 9.59 Å². The van der Waals surface area contributed by atoms with Gasteiger partial charge in [-0.05, 0) is 35.2 Å². The number of carbonyl (C=O) groups excluding carboxylic acids is 2. The number of amides is 1. The van der Waals surface area contributed by atoms with Gasteiger partial charge in [0.05, 0.1) is 23.4 Å². The van der Waals surface area contributed by atoms with Gasteiger partial charge in [0, 0.05) is 6.54 Å². The van der Waals surface area contributed by atoms with E-state index >= 15 is 0 Å². The zero-order valence-electron chi connectivity index (χ0n) is 18.6. The molecule has 3 rings (SSSR count). The van der Waals surface area contributed by atoms with Crippen LogP contribution in [0.5, 0.6) is 0 Å². The van der Waals surface area contributed by atoms with Gasteiger partial charge < -0.3 is 4.74 Å². The molecular formula is C22H26N2O7S2. The Hall–Kier alpha value is -2.76. The third kappa shape index (κ3) is 5.43. The first-order valence-electron chi connectivity index (χ1n) is 10.3. The number of fused-ring (bicyclic) bond motifs is 1. The van der Waals surface area contributed by atoms with Crippen LogP contribution < -0.4 is 4.72 Å². The average molecular weight is 495 g/mol. The number of ether oxygens (including phenoxy) is 1. The Morgan fingerprint density at radius 1 is 1.06 bits per heavy atom. The van der Waals surface area contributed by atoms with Crippen LogP contribution in [0.4, 0.5) is 0 Å². The fraction of sp³-hybridized carbons (Fsp3) is 0.364. The number of nitrogens with zero attached hydrogens (tertiary/aromatic N) is 1. The van der Waals surface area contributed by atoms with Gasteiger partial charge in [0.15, 0.2) is 0 Å². The van der Waals surface area contributed by atoms with Gasteiger partial charge in [-0.15, -0.1) is 0 Å². The van der Waals surface area contributed by atoms with Crippen LogP contribution in [0, 0.1) is 0 Å². The number of esters is 1. The van der Waals surface area contributed by atoms with E-state index in [4.69, 9.17) is 4.74 Å². The molecule has 1 aliphatic heterocycles. The molecule has 0 radical (unpaired) electrons. The van der Waals surface area contributed by atoms with E-state index in [0.717, 1.165) is 5.56 Å². The molecule has 178 valence electrons. The summed E-state index contributed by atoms with van der Waals surface area (Å²) in [5.74, 6) is -1.39. The zero-order valence-corrected chi connectivity index (χ0v) is 20.2. The molecule has 1 N–H and O–H groups in total. The predicted octanol–water partition coefficient (Wildman–Crippen LogP) is 2.04. The maximum atomic E-state index is 12.5. The lowest BCUT2D eigenvalue weighted by Crippen LogP contribution is -2.34. The Morgan fingerprint density at radius 3 is 2.30 bits per heavy atom. The van der Waals surface area contributed by atoms with Gasteiger partial charge in [-0.2, -0.15) is 0 Å². The van der Waals surface area contributed by atoms with Crippen LogP contribution in [-0.2, 0) is 35.0 Å². The first-order chi connectivity index (χ1) is 15.3. The van der Waals surface area contributed by atoms with Crippen molar-refractivity contribution in [2.75, 3.05) is 19.7 Å². The molecule has 0 bridgehead atoms. The largest absolute Gasteiger partial charge is 0.464 e. The second-order valence-corrected chi connectivity index (χ2v) is 12.1. The van der Waals surface area contributed by atoms with Crippen molar-refractivity contribution in [2.45, 2.75) is 42.4 Å². The molecule has 0 spiro atoms. The summed E-state index contributed by atoms with van der Waals surface area (Å²) in [6.07, 6.45) is -0.250. The Balaban J connectivity index is 1.47. The summed E-state index contributed by atoms with van der Waals surface area (Å²) in [6.45, 7) is 5.22. The van der Waals surface area contributed by atoms with Crippen LogP contribution >= 0.6 is 0 Å². The van der Waals surface area contributed by atoms with Crippen molar-refractivity contribution in [3.8, 4) is 0 Å². The van der Waals surface area contributed by atoms with Gasteiger partial charge >= 0.3 is 5.97 Å². The molecule has 0 aliphatic carbocycles. The molecule has 9 nitrogen and oxygen atoms in total. The van der Waals surface area contributed by atoms with Crippen LogP contribution in [0.25, 0.3) is 0 Å². The SMILES string of the molecule is CC(C)(C)c1ccc(S(=O)(=O)NCCC(=O)OCCN2C(=O)c3ccccc3S2(=O)=O)cc1. The van der Waals surface area contributed by atoms with Crippen molar-refractivity contribution in [2.24, 2.45) is 0 Å². The van der Waals surface area contributed by atoms with Crippen molar-refractivity contribution in [1.29, 1.82) is 0 Å². The van der Waals surface area contributed by atoms with Gasteiger partial charge in [-0.1, -0.05) is 45.0 Å². The lowest BCUT2D eigenvalue weighted by molar-refractivity contribution is -0.143. The third-order valence-electron chi connectivity index (χ3n) is 5.12. The molecule has 0 atom stereocenters. The van der Waals surface area contributed by atoms with Crippen molar-refractivity contribution in [3.63, 3.8) is 0 Å². The number of sulfonamides is 2. The average Bonchev–Trinajstić information content (AvgIpc) is 2.94. The van der Waals surface area contributed by atoms with Crippen LogP contribution in [0.1, 0.15) is 43.1 Å². The Bertz CT molecular complexity index is 1260. The van der Waals surface area contributed by atoms with Gasteiger partial charge in [0.2, 0.25) is 10.0 Å². The fourth-order valence-corrected chi connectivity index (χ4v) is 5.86. The van der Waals surface area contributed by atoms with Crippen LogP contribution in [-0.4, -0.2) is 52.7 Å². The molecule has 0 aromatic heterocycles. The number of benzene rings is 2. The van der Waals surface area contributed by atoms with E-state index in [2.05, 4.69) is 4.72 Å². The number of rotatable bonds is 8. The van der Waals surface area contributed by atoms with E-state index in [1.165, 1.54) is 30.3 Å². The van der Waals surface area contributed by atoms with Crippen LogP contribution in [0.3, 0.4) is 0 Å². The van der Waals surface area contributed by atoms with Gasteiger partial charge in [-0.25, -0.2) is 25.9 Å². The Morgan fingerprint density at radius 2 is 1.70 bits per heavy atom. The zero-order chi connectivity index (χ0) is 24.4. The smallest absolute Gasteiger partial charge is 0.307 e. The standard InChI is InChI=1S/C22H26N2O7S2/c1-22(2,3)16-8-10-17(11-9-16)32(27,28)23-13-12-20(25)31-15-14-24-21(26)18-6-4-5-7-19(18)33(24,29)30/h4-11,23H,12-15H2,1-3H3. The highest BCUT2D eigenvalue weighted by Gasteiger charge is 2.40. The summed E-state index contributed by atoms with van der Waals surface area (Å²) < 4.78 is 57.7. The topological polar surface area (TPSA) is 127 Å². The van der Waals surface area contributed by atoms with Crippen molar-refractivity contribution >= 4 is 31.9 Å². The minimum absolute atomic E-state index is 0.0775. The maximum Gasteiger partial charge on any atom is 0.307 e. The molecule has 2 aromatic carbocycles. The quantitative estimate of drug-likeness (QED) is 0.556. The van der Waals surface area contributed by atoms with Crippen molar-refractivity contribution in [3.05, 3.63) is 59.7 Å². The van der Waals surface area contributed by atoms with E-state index < -0.39 is 31.9 Å². The summed E-state index contributed by atoms with van der Waals surface area (Å²) >= 11 is 0. The summed E-state index contributed by atoms with van der Waals surface area (Å²) in [7, 11) is -7.77. The highest BCUT2D eigenvalue weighted by atomic mass is 32.2. The number of nitrogens with one attached hydrogen (secondary N) is 1. The molecule has 0 saturated carbocycles. The Labute approximate surface area is 193 Å². The highest BCUT2D eigenvalue weighted by Crippen LogP contribution is 2.29. The minimum Gasteiger partial charge on any atom is -0.464 e. The fourth-order valence-electron chi connectivity index (χ4n) is 3.27. The van der Waals surface area contributed by atoms with E-state index in [9.17, 15) is 26.4 Å². The van der Waals surface area contributed by atoms with Crippen LogP contribution in [0.15, 0.2) is 58.3 Å². The van der Waals surface area contributed by atoms with E-state index in [1.807, 2.05) is 20.8 Å².